The minimum absolute atomic E-state index is 1.02. The Hall–Kier alpha value is -2.22. The van der Waals surface area contributed by atoms with Gasteiger partial charge in [-0.05, 0) is 48.3 Å². The van der Waals surface area contributed by atoms with Gasteiger partial charge in [-0.15, -0.1) is 0 Å². The van der Waals surface area contributed by atoms with Crippen LogP contribution in [0, 0.1) is 0 Å². The third-order valence-corrected chi connectivity index (χ3v) is 7.02. The molecule has 5 rings (SSSR count). The summed E-state index contributed by atoms with van der Waals surface area (Å²) in [6, 6.07) is 22.1. The smallest absolute Gasteiger partial charge is 0.146 e. The van der Waals surface area contributed by atoms with Crippen molar-refractivity contribution in [3.63, 3.8) is 0 Å². The van der Waals surface area contributed by atoms with Crippen LogP contribution < -0.4 is 5.30 Å². The zero-order chi connectivity index (χ0) is 17.2. The number of hydrogen-bond donors (Lipinski definition) is 0. The Morgan fingerprint density at radius 1 is 0.800 bits per heavy atom. The monoisotopic (exact) mass is 360 g/mol. The fourth-order valence-electron chi connectivity index (χ4n) is 3.63. The van der Waals surface area contributed by atoms with Crippen LogP contribution in [0.1, 0.15) is 0 Å². The number of benzene rings is 3. The Morgan fingerprint density at radius 2 is 1.48 bits per heavy atom. The standard InChI is InChI=1S/C21H17N2PS/c1-24(2,25)14-11-12-18-20(13-14)23-19-10-6-5-8-16(19)15-7-3-4-9-17(15)21(23)22-18/h3-13H,1-2H3. The largest absolute Gasteiger partial charge is 0.292 e. The average Bonchev–Trinajstić information content (AvgIpc) is 3.00. The van der Waals surface area contributed by atoms with E-state index in [1.165, 1.54) is 27.0 Å². The summed E-state index contributed by atoms with van der Waals surface area (Å²) in [4.78, 5) is 4.96. The quantitative estimate of drug-likeness (QED) is 0.303. The second-order valence-corrected chi connectivity index (χ2v) is 12.8. The molecule has 0 radical (unpaired) electrons. The third kappa shape index (κ3) is 2.16. The molecule has 0 saturated heterocycles. The second kappa shape index (κ2) is 5.14. The number of para-hydroxylation sites is 1. The van der Waals surface area contributed by atoms with Crippen LogP contribution >= 0.6 is 6.04 Å². The van der Waals surface area contributed by atoms with Crippen molar-refractivity contribution in [2.45, 2.75) is 0 Å². The van der Waals surface area contributed by atoms with Crippen LogP contribution in [0.3, 0.4) is 0 Å². The number of aromatic nitrogens is 2. The highest BCUT2D eigenvalue weighted by molar-refractivity contribution is 8.17. The summed E-state index contributed by atoms with van der Waals surface area (Å²) in [6.45, 7) is 4.36. The van der Waals surface area contributed by atoms with E-state index in [0.717, 1.165) is 16.7 Å². The van der Waals surface area contributed by atoms with Gasteiger partial charge in [0.05, 0.1) is 16.6 Å². The molecule has 0 aliphatic rings. The van der Waals surface area contributed by atoms with E-state index in [9.17, 15) is 0 Å². The number of rotatable bonds is 1. The first-order valence-corrected chi connectivity index (χ1v) is 12.0. The van der Waals surface area contributed by atoms with E-state index in [4.69, 9.17) is 16.8 Å². The number of hydrogen-bond acceptors (Lipinski definition) is 2. The Bertz CT molecular complexity index is 1340. The third-order valence-electron chi connectivity index (χ3n) is 4.86. The average molecular weight is 360 g/mol. The highest BCUT2D eigenvalue weighted by Gasteiger charge is 2.15. The molecule has 25 heavy (non-hydrogen) atoms. The van der Waals surface area contributed by atoms with Gasteiger partial charge in [-0.25, -0.2) is 4.98 Å². The van der Waals surface area contributed by atoms with E-state index in [1.54, 1.807) is 0 Å². The first kappa shape index (κ1) is 15.1. The van der Waals surface area contributed by atoms with E-state index in [2.05, 4.69) is 84.5 Å². The van der Waals surface area contributed by atoms with Gasteiger partial charge in [0.25, 0.3) is 0 Å². The van der Waals surface area contributed by atoms with Gasteiger partial charge >= 0.3 is 0 Å². The molecule has 0 spiro atoms. The van der Waals surface area contributed by atoms with Crippen LogP contribution in [0.25, 0.3) is 38.4 Å². The maximum Gasteiger partial charge on any atom is 0.146 e. The lowest BCUT2D eigenvalue weighted by Crippen LogP contribution is -2.02. The van der Waals surface area contributed by atoms with Crippen molar-refractivity contribution in [1.82, 2.24) is 9.38 Å². The van der Waals surface area contributed by atoms with Crippen LogP contribution in [0.4, 0.5) is 0 Å². The Morgan fingerprint density at radius 3 is 2.24 bits per heavy atom. The summed E-state index contributed by atoms with van der Waals surface area (Å²) in [5, 5.41) is 4.94. The maximum absolute atomic E-state index is 5.77. The van der Waals surface area contributed by atoms with E-state index >= 15 is 0 Å². The van der Waals surface area contributed by atoms with Crippen LogP contribution in [-0.4, -0.2) is 22.7 Å². The fourth-order valence-corrected chi connectivity index (χ4v) is 4.84. The molecule has 0 unspecified atom stereocenters. The first-order chi connectivity index (χ1) is 12.0. The van der Waals surface area contributed by atoms with Gasteiger partial charge in [0.2, 0.25) is 0 Å². The first-order valence-electron chi connectivity index (χ1n) is 8.31. The summed E-state index contributed by atoms with van der Waals surface area (Å²) in [6.07, 6.45) is 0. The zero-order valence-electron chi connectivity index (χ0n) is 14.1. The van der Waals surface area contributed by atoms with E-state index in [-0.39, 0.29) is 0 Å². The normalized spacial score (nSPS) is 12.6. The molecule has 0 aliphatic carbocycles. The lowest BCUT2D eigenvalue weighted by molar-refractivity contribution is 1.32. The molecule has 0 bridgehead atoms. The summed E-state index contributed by atoms with van der Waals surface area (Å²) in [5.74, 6) is 0. The highest BCUT2D eigenvalue weighted by atomic mass is 32.4. The molecule has 3 aromatic carbocycles. The van der Waals surface area contributed by atoms with Gasteiger partial charge < -0.3 is 0 Å². The molecule has 0 amide bonds. The second-order valence-electron chi connectivity index (χ2n) is 6.86. The minimum atomic E-state index is -1.49. The lowest BCUT2D eigenvalue weighted by atomic mass is 10.1. The van der Waals surface area contributed by atoms with Crippen molar-refractivity contribution in [3.05, 3.63) is 66.7 Å². The van der Waals surface area contributed by atoms with Crippen LogP contribution in [-0.2, 0) is 11.8 Å². The molecule has 2 aromatic heterocycles. The van der Waals surface area contributed by atoms with Gasteiger partial charge in [0.15, 0.2) is 0 Å². The molecule has 0 fully saturated rings. The molecule has 2 nitrogen and oxygen atoms in total. The lowest BCUT2D eigenvalue weighted by Gasteiger charge is -2.11. The van der Waals surface area contributed by atoms with Crippen molar-refractivity contribution >= 4 is 61.5 Å². The summed E-state index contributed by atoms with van der Waals surface area (Å²) in [5.41, 5.74) is 4.37. The molecule has 0 aliphatic heterocycles. The number of pyridine rings is 1. The van der Waals surface area contributed by atoms with Crippen molar-refractivity contribution < 1.29 is 0 Å². The Balaban J connectivity index is 2.10. The molecule has 5 aromatic rings. The SMILES string of the molecule is CP(C)(=S)c1ccc2nc3c4ccccc4c4ccccc4n3c2c1. The predicted octanol–water partition coefficient (Wildman–Crippen LogP) is 5.16. The number of imidazole rings is 1. The summed E-state index contributed by atoms with van der Waals surface area (Å²) >= 11 is 5.77. The van der Waals surface area contributed by atoms with Gasteiger partial charge in [-0.3, -0.25) is 4.40 Å². The Kier molecular flexibility index (Phi) is 3.10. The molecule has 0 N–H and O–H groups in total. The van der Waals surface area contributed by atoms with Crippen molar-refractivity contribution in [1.29, 1.82) is 0 Å². The van der Waals surface area contributed by atoms with Gasteiger partial charge in [0.1, 0.15) is 5.65 Å². The fraction of sp³-hybridized carbons (Fsp3) is 0.0952. The molecular weight excluding hydrogens is 343 g/mol. The van der Waals surface area contributed by atoms with Crippen molar-refractivity contribution in [3.8, 4) is 0 Å². The van der Waals surface area contributed by atoms with E-state index in [0.29, 0.717) is 0 Å². The van der Waals surface area contributed by atoms with Crippen LogP contribution in [0.2, 0.25) is 0 Å². The minimum Gasteiger partial charge on any atom is -0.292 e. The maximum atomic E-state index is 5.77. The van der Waals surface area contributed by atoms with Crippen molar-refractivity contribution in [2.75, 3.05) is 13.3 Å². The van der Waals surface area contributed by atoms with E-state index in [1.807, 2.05) is 0 Å². The van der Waals surface area contributed by atoms with E-state index < -0.39 is 6.04 Å². The molecule has 0 atom stereocenters. The van der Waals surface area contributed by atoms with Crippen molar-refractivity contribution in [2.24, 2.45) is 0 Å². The molecule has 4 heteroatoms. The zero-order valence-corrected chi connectivity index (χ0v) is 15.8. The number of fused-ring (bicyclic) bond motifs is 8. The predicted molar refractivity (Wildman–Crippen MR) is 113 cm³/mol. The molecule has 122 valence electrons. The van der Waals surface area contributed by atoms with Gasteiger partial charge in [-0.1, -0.05) is 60.3 Å². The summed E-state index contributed by atoms with van der Waals surface area (Å²) in [7, 11) is 0. The van der Waals surface area contributed by atoms with Gasteiger partial charge in [-0.2, -0.15) is 0 Å². The summed E-state index contributed by atoms with van der Waals surface area (Å²) < 4.78 is 2.29. The van der Waals surface area contributed by atoms with Crippen LogP contribution in [0.15, 0.2) is 66.7 Å². The molecule has 0 saturated carbocycles. The topological polar surface area (TPSA) is 17.3 Å². The van der Waals surface area contributed by atoms with Crippen LogP contribution in [0.5, 0.6) is 0 Å². The number of nitrogens with zero attached hydrogens (tertiary/aromatic N) is 2. The highest BCUT2D eigenvalue weighted by Crippen LogP contribution is 2.37. The molecular formula is C21H17N2PS. The Labute approximate surface area is 151 Å². The molecule has 2 heterocycles. The van der Waals surface area contributed by atoms with Gasteiger partial charge in [0, 0.05) is 10.8 Å².